The summed E-state index contributed by atoms with van der Waals surface area (Å²) in [6, 6.07) is 2.20. The van der Waals surface area contributed by atoms with E-state index >= 15 is 0 Å². The van der Waals surface area contributed by atoms with Crippen LogP contribution in [0.4, 0.5) is 0 Å². The van der Waals surface area contributed by atoms with Gasteiger partial charge in [-0.15, -0.1) is 11.3 Å². The van der Waals surface area contributed by atoms with Gasteiger partial charge in [-0.3, -0.25) is 0 Å². The molecular formula is C11H17NOS. The molecule has 0 saturated heterocycles. The first-order valence-corrected chi connectivity index (χ1v) is 6.07. The van der Waals surface area contributed by atoms with Gasteiger partial charge in [-0.25, -0.2) is 0 Å². The Morgan fingerprint density at radius 1 is 1.64 bits per heavy atom. The summed E-state index contributed by atoms with van der Waals surface area (Å²) in [5.41, 5.74) is 1.20. The van der Waals surface area contributed by atoms with Gasteiger partial charge in [-0.2, -0.15) is 0 Å². The number of thiophene rings is 1. The predicted molar refractivity (Wildman–Crippen MR) is 59.8 cm³/mol. The molecule has 1 heterocycles. The van der Waals surface area contributed by atoms with Crippen LogP contribution >= 0.6 is 11.3 Å². The second-order valence-electron chi connectivity index (χ2n) is 3.85. The first-order chi connectivity index (χ1) is 6.81. The van der Waals surface area contributed by atoms with Gasteiger partial charge < -0.3 is 10.4 Å². The minimum Gasteiger partial charge on any atom is -0.388 e. The zero-order valence-corrected chi connectivity index (χ0v) is 9.36. The van der Waals surface area contributed by atoms with Crippen molar-refractivity contribution in [3.63, 3.8) is 0 Å². The molecule has 1 aromatic heterocycles. The molecule has 1 aliphatic carbocycles. The number of hydrogen-bond donors (Lipinski definition) is 2. The average molecular weight is 211 g/mol. The first-order valence-electron chi connectivity index (χ1n) is 5.25. The molecule has 1 aliphatic rings. The van der Waals surface area contributed by atoms with Gasteiger partial charge in [0.1, 0.15) is 0 Å². The van der Waals surface area contributed by atoms with Crippen LogP contribution in [0.15, 0.2) is 6.07 Å². The summed E-state index contributed by atoms with van der Waals surface area (Å²) in [5, 5.41) is 12.9. The SMILES string of the molecule is CNCCc1cc2c(s1)CCCC2O. The molecule has 0 bridgehead atoms. The molecule has 0 radical (unpaired) electrons. The van der Waals surface area contributed by atoms with Crippen LogP contribution in [0.5, 0.6) is 0 Å². The quantitative estimate of drug-likeness (QED) is 0.800. The van der Waals surface area contributed by atoms with Crippen LogP contribution in [0.3, 0.4) is 0 Å². The van der Waals surface area contributed by atoms with E-state index in [1.807, 2.05) is 18.4 Å². The number of hydrogen-bond acceptors (Lipinski definition) is 3. The smallest absolute Gasteiger partial charge is 0.0801 e. The largest absolute Gasteiger partial charge is 0.388 e. The summed E-state index contributed by atoms with van der Waals surface area (Å²) in [4.78, 5) is 2.82. The number of aliphatic hydroxyl groups excluding tert-OH is 1. The third-order valence-electron chi connectivity index (χ3n) is 2.75. The maximum atomic E-state index is 9.79. The highest BCUT2D eigenvalue weighted by atomic mass is 32.1. The summed E-state index contributed by atoms with van der Waals surface area (Å²) < 4.78 is 0. The molecule has 0 aliphatic heterocycles. The molecule has 0 saturated carbocycles. The second kappa shape index (κ2) is 4.43. The van der Waals surface area contributed by atoms with Crippen molar-refractivity contribution in [2.24, 2.45) is 0 Å². The Kier molecular flexibility index (Phi) is 3.21. The summed E-state index contributed by atoms with van der Waals surface area (Å²) in [6.07, 6.45) is 4.13. The average Bonchev–Trinajstić information content (AvgIpc) is 2.59. The lowest BCUT2D eigenvalue weighted by Crippen LogP contribution is -2.09. The van der Waals surface area contributed by atoms with Crippen molar-refractivity contribution in [1.29, 1.82) is 0 Å². The highest BCUT2D eigenvalue weighted by Crippen LogP contribution is 2.35. The van der Waals surface area contributed by atoms with Crippen LogP contribution in [-0.2, 0) is 12.8 Å². The van der Waals surface area contributed by atoms with Crippen molar-refractivity contribution in [3.05, 3.63) is 21.4 Å². The number of aliphatic hydroxyl groups is 1. The van der Waals surface area contributed by atoms with Crippen molar-refractivity contribution in [2.45, 2.75) is 31.8 Å². The maximum absolute atomic E-state index is 9.79. The van der Waals surface area contributed by atoms with Gasteiger partial charge in [0.25, 0.3) is 0 Å². The van der Waals surface area contributed by atoms with E-state index in [0.717, 1.165) is 32.2 Å². The summed E-state index contributed by atoms with van der Waals surface area (Å²) >= 11 is 1.88. The number of nitrogens with one attached hydrogen (secondary N) is 1. The number of aryl methyl sites for hydroxylation is 1. The molecule has 2 nitrogen and oxygen atoms in total. The van der Waals surface area contributed by atoms with Crippen LogP contribution in [-0.4, -0.2) is 18.7 Å². The second-order valence-corrected chi connectivity index (χ2v) is 5.07. The Morgan fingerprint density at radius 2 is 2.50 bits per heavy atom. The fourth-order valence-corrected chi connectivity index (χ4v) is 3.23. The van der Waals surface area contributed by atoms with Gasteiger partial charge in [0.15, 0.2) is 0 Å². The van der Waals surface area contributed by atoms with Crippen molar-refractivity contribution in [2.75, 3.05) is 13.6 Å². The minimum atomic E-state index is -0.196. The van der Waals surface area contributed by atoms with E-state index < -0.39 is 0 Å². The monoisotopic (exact) mass is 211 g/mol. The van der Waals surface area contributed by atoms with Crippen molar-refractivity contribution >= 4 is 11.3 Å². The highest BCUT2D eigenvalue weighted by molar-refractivity contribution is 7.12. The molecule has 1 atom stereocenters. The molecular weight excluding hydrogens is 194 g/mol. The van der Waals surface area contributed by atoms with Gasteiger partial charge in [0.2, 0.25) is 0 Å². The van der Waals surface area contributed by atoms with Gasteiger partial charge in [0, 0.05) is 9.75 Å². The zero-order chi connectivity index (χ0) is 9.97. The Labute approximate surface area is 89.0 Å². The van der Waals surface area contributed by atoms with E-state index in [9.17, 15) is 5.11 Å². The molecule has 2 rings (SSSR count). The normalized spacial score (nSPS) is 20.9. The van der Waals surface area contributed by atoms with Crippen LogP contribution in [0.1, 0.15) is 34.3 Å². The molecule has 2 N–H and O–H groups in total. The van der Waals surface area contributed by atoms with Crippen molar-refractivity contribution in [3.8, 4) is 0 Å². The van der Waals surface area contributed by atoms with E-state index in [0.29, 0.717) is 0 Å². The van der Waals surface area contributed by atoms with Crippen LogP contribution in [0, 0.1) is 0 Å². The van der Waals surface area contributed by atoms with E-state index in [-0.39, 0.29) is 6.10 Å². The van der Waals surface area contributed by atoms with Gasteiger partial charge >= 0.3 is 0 Å². The summed E-state index contributed by atoms with van der Waals surface area (Å²) in [5.74, 6) is 0. The zero-order valence-electron chi connectivity index (χ0n) is 8.55. The topological polar surface area (TPSA) is 32.3 Å². The maximum Gasteiger partial charge on any atom is 0.0801 e. The minimum absolute atomic E-state index is 0.196. The molecule has 0 fully saturated rings. The van der Waals surface area contributed by atoms with Crippen LogP contribution in [0.25, 0.3) is 0 Å². The number of rotatable bonds is 3. The van der Waals surface area contributed by atoms with E-state index in [1.54, 1.807) is 0 Å². The number of likely N-dealkylation sites (N-methyl/N-ethyl adjacent to an activating group) is 1. The molecule has 14 heavy (non-hydrogen) atoms. The Hall–Kier alpha value is -0.380. The molecule has 78 valence electrons. The van der Waals surface area contributed by atoms with E-state index in [4.69, 9.17) is 0 Å². The molecule has 3 heteroatoms. The standard InChI is InChI=1S/C11H17NOS/c1-12-6-5-8-7-9-10(13)3-2-4-11(9)14-8/h7,10,12-13H,2-6H2,1H3. The Bertz CT molecular complexity index is 308. The molecule has 0 aromatic carbocycles. The van der Waals surface area contributed by atoms with Gasteiger partial charge in [-0.05, 0) is 50.9 Å². The lowest BCUT2D eigenvalue weighted by molar-refractivity contribution is 0.157. The molecule has 0 amide bonds. The lowest BCUT2D eigenvalue weighted by atomic mass is 9.96. The molecule has 1 aromatic rings. The highest BCUT2D eigenvalue weighted by Gasteiger charge is 2.20. The third-order valence-corrected chi connectivity index (χ3v) is 4.02. The van der Waals surface area contributed by atoms with Crippen molar-refractivity contribution in [1.82, 2.24) is 5.32 Å². The van der Waals surface area contributed by atoms with Gasteiger partial charge in [-0.1, -0.05) is 0 Å². The van der Waals surface area contributed by atoms with Crippen molar-refractivity contribution < 1.29 is 5.11 Å². The van der Waals surface area contributed by atoms with E-state index in [1.165, 1.54) is 15.3 Å². The summed E-state index contributed by atoms with van der Waals surface area (Å²) in [6.45, 7) is 1.02. The first kappa shape index (κ1) is 10.1. The molecule has 0 spiro atoms. The third kappa shape index (κ3) is 2.00. The number of fused-ring (bicyclic) bond motifs is 1. The van der Waals surface area contributed by atoms with E-state index in [2.05, 4.69) is 11.4 Å². The fourth-order valence-electron chi connectivity index (χ4n) is 1.96. The van der Waals surface area contributed by atoms with Crippen LogP contribution < -0.4 is 5.32 Å². The predicted octanol–water partition coefficient (Wildman–Crippen LogP) is 1.88. The van der Waals surface area contributed by atoms with Gasteiger partial charge in [0.05, 0.1) is 6.10 Å². The Morgan fingerprint density at radius 3 is 3.21 bits per heavy atom. The summed E-state index contributed by atoms with van der Waals surface area (Å²) in [7, 11) is 1.97. The lowest BCUT2D eigenvalue weighted by Gasteiger charge is -2.16. The Balaban J connectivity index is 2.13. The fraction of sp³-hybridized carbons (Fsp3) is 0.636. The van der Waals surface area contributed by atoms with Crippen LogP contribution in [0.2, 0.25) is 0 Å². The molecule has 1 unspecified atom stereocenters.